The molecule has 0 saturated carbocycles. The van der Waals surface area contributed by atoms with Gasteiger partial charge in [-0.2, -0.15) is 0 Å². The van der Waals surface area contributed by atoms with Crippen LogP contribution in [0.5, 0.6) is 0 Å². The van der Waals surface area contributed by atoms with Gasteiger partial charge in [-0.1, -0.05) is 0 Å². The number of halogens is 1. The second-order valence-electron chi connectivity index (χ2n) is 4.94. The molecule has 0 spiro atoms. The Labute approximate surface area is 122 Å². The number of benzene rings is 1. The minimum atomic E-state index is -3.58. The molecular weight excluding hydrogens is 299 g/mol. The Morgan fingerprint density at radius 1 is 1.33 bits per heavy atom. The average Bonchev–Trinajstić information content (AvgIpc) is 2.42. The van der Waals surface area contributed by atoms with Gasteiger partial charge in [0.1, 0.15) is 5.82 Å². The van der Waals surface area contributed by atoms with Crippen LogP contribution < -0.4 is 10.0 Å². The monoisotopic (exact) mass is 316 g/mol. The van der Waals surface area contributed by atoms with Crippen LogP contribution in [0, 0.1) is 11.7 Å². The molecule has 116 valence electrons. The Bertz CT molecular complexity index is 627. The molecule has 8 heteroatoms. The van der Waals surface area contributed by atoms with Crippen LogP contribution >= 0.6 is 0 Å². The van der Waals surface area contributed by atoms with E-state index in [0.717, 1.165) is 12.3 Å². The fourth-order valence-corrected chi connectivity index (χ4v) is 2.64. The summed E-state index contributed by atoms with van der Waals surface area (Å²) in [4.78, 5) is 12.0. The first-order valence-corrected chi connectivity index (χ1v) is 8.40. The van der Waals surface area contributed by atoms with Gasteiger partial charge in [-0.25, -0.2) is 12.8 Å². The molecule has 1 amide bonds. The highest BCUT2D eigenvalue weighted by Gasteiger charge is 2.21. The molecule has 1 aliphatic rings. The Morgan fingerprint density at radius 2 is 2.00 bits per heavy atom. The SMILES string of the molecule is CS(=O)(=O)Nc1cc(NC(=O)C2CCOCC2)ccc1F. The predicted molar refractivity (Wildman–Crippen MR) is 77.0 cm³/mol. The van der Waals surface area contributed by atoms with E-state index < -0.39 is 15.8 Å². The molecule has 0 atom stereocenters. The highest BCUT2D eigenvalue weighted by molar-refractivity contribution is 7.92. The van der Waals surface area contributed by atoms with Crippen LogP contribution in [-0.4, -0.2) is 33.8 Å². The third-order valence-corrected chi connectivity index (χ3v) is 3.71. The van der Waals surface area contributed by atoms with Crippen LogP contribution in [-0.2, 0) is 19.6 Å². The van der Waals surface area contributed by atoms with Crippen molar-refractivity contribution in [3.8, 4) is 0 Å². The van der Waals surface area contributed by atoms with Crippen LogP contribution in [0.15, 0.2) is 18.2 Å². The van der Waals surface area contributed by atoms with E-state index >= 15 is 0 Å². The maximum atomic E-state index is 13.5. The van der Waals surface area contributed by atoms with Crippen molar-refractivity contribution in [2.24, 2.45) is 5.92 Å². The first kappa shape index (κ1) is 15.7. The number of anilines is 2. The van der Waals surface area contributed by atoms with Gasteiger partial charge in [-0.3, -0.25) is 9.52 Å². The van der Waals surface area contributed by atoms with Crippen molar-refractivity contribution < 1.29 is 22.3 Å². The van der Waals surface area contributed by atoms with E-state index in [9.17, 15) is 17.6 Å². The van der Waals surface area contributed by atoms with E-state index in [1.165, 1.54) is 12.1 Å². The zero-order chi connectivity index (χ0) is 15.5. The lowest BCUT2D eigenvalue weighted by Gasteiger charge is -2.21. The smallest absolute Gasteiger partial charge is 0.229 e. The summed E-state index contributed by atoms with van der Waals surface area (Å²) in [6, 6.07) is 3.75. The van der Waals surface area contributed by atoms with Gasteiger partial charge in [-0.05, 0) is 31.0 Å². The number of carbonyl (C=O) groups excluding carboxylic acids is 1. The van der Waals surface area contributed by atoms with Crippen LogP contribution in [0.3, 0.4) is 0 Å². The summed E-state index contributed by atoms with van der Waals surface area (Å²) in [7, 11) is -3.58. The molecule has 1 aromatic rings. The summed E-state index contributed by atoms with van der Waals surface area (Å²) in [6.45, 7) is 1.09. The fraction of sp³-hybridized carbons (Fsp3) is 0.462. The molecule has 0 radical (unpaired) electrons. The Balaban J connectivity index is 2.09. The molecule has 1 saturated heterocycles. The van der Waals surface area contributed by atoms with E-state index in [1.54, 1.807) is 0 Å². The van der Waals surface area contributed by atoms with Crippen molar-refractivity contribution in [3.63, 3.8) is 0 Å². The van der Waals surface area contributed by atoms with Gasteiger partial charge in [0.05, 0.1) is 11.9 Å². The zero-order valence-corrected chi connectivity index (χ0v) is 12.4. The number of amides is 1. The minimum Gasteiger partial charge on any atom is -0.381 e. The standard InChI is InChI=1S/C13H17FN2O4S/c1-21(18,19)16-12-8-10(2-3-11(12)14)15-13(17)9-4-6-20-7-5-9/h2-3,8-9,16H,4-7H2,1H3,(H,15,17). The lowest BCUT2D eigenvalue weighted by molar-refractivity contribution is -0.122. The van der Waals surface area contributed by atoms with Gasteiger partial charge in [0.15, 0.2) is 0 Å². The third kappa shape index (κ3) is 4.68. The maximum absolute atomic E-state index is 13.5. The number of nitrogens with one attached hydrogen (secondary N) is 2. The first-order valence-electron chi connectivity index (χ1n) is 6.51. The van der Waals surface area contributed by atoms with E-state index in [1.807, 2.05) is 0 Å². The zero-order valence-electron chi connectivity index (χ0n) is 11.6. The molecule has 2 rings (SSSR count). The number of ether oxygens (including phenoxy) is 1. The molecule has 0 unspecified atom stereocenters. The van der Waals surface area contributed by atoms with Crippen LogP contribution in [0.25, 0.3) is 0 Å². The molecule has 0 aliphatic carbocycles. The summed E-state index contributed by atoms with van der Waals surface area (Å²) in [5.74, 6) is -1.02. The molecular formula is C13H17FN2O4S. The lowest BCUT2D eigenvalue weighted by Crippen LogP contribution is -2.28. The van der Waals surface area contributed by atoms with Crippen molar-refractivity contribution in [1.82, 2.24) is 0 Å². The Morgan fingerprint density at radius 3 is 2.62 bits per heavy atom. The van der Waals surface area contributed by atoms with Gasteiger partial charge in [-0.15, -0.1) is 0 Å². The van der Waals surface area contributed by atoms with Crippen molar-refractivity contribution in [3.05, 3.63) is 24.0 Å². The second kappa shape index (κ2) is 6.40. The molecule has 0 aromatic heterocycles. The summed E-state index contributed by atoms with van der Waals surface area (Å²) in [5.41, 5.74) is 0.154. The molecule has 1 fully saturated rings. The van der Waals surface area contributed by atoms with E-state index in [-0.39, 0.29) is 17.5 Å². The second-order valence-corrected chi connectivity index (χ2v) is 6.69. The average molecular weight is 316 g/mol. The normalized spacial score (nSPS) is 16.5. The molecule has 2 N–H and O–H groups in total. The largest absolute Gasteiger partial charge is 0.381 e. The van der Waals surface area contributed by atoms with Gasteiger partial charge in [0.25, 0.3) is 0 Å². The quantitative estimate of drug-likeness (QED) is 0.883. The molecule has 21 heavy (non-hydrogen) atoms. The molecule has 1 heterocycles. The number of hydrogen-bond acceptors (Lipinski definition) is 4. The summed E-state index contributed by atoms with van der Waals surface area (Å²) in [6.07, 6.45) is 2.21. The van der Waals surface area contributed by atoms with Crippen LogP contribution in [0.1, 0.15) is 12.8 Å². The molecule has 6 nitrogen and oxygen atoms in total. The van der Waals surface area contributed by atoms with Crippen molar-refractivity contribution in [2.45, 2.75) is 12.8 Å². The summed E-state index contributed by atoms with van der Waals surface area (Å²) < 4.78 is 43.1. The van der Waals surface area contributed by atoms with Gasteiger partial charge >= 0.3 is 0 Å². The first-order chi connectivity index (χ1) is 9.85. The third-order valence-electron chi connectivity index (χ3n) is 3.12. The van der Waals surface area contributed by atoms with Crippen molar-refractivity contribution >= 4 is 27.3 Å². The van der Waals surface area contributed by atoms with E-state index in [4.69, 9.17) is 4.74 Å². The summed E-state index contributed by atoms with van der Waals surface area (Å²) >= 11 is 0. The Hall–Kier alpha value is -1.67. The van der Waals surface area contributed by atoms with Gasteiger partial charge < -0.3 is 10.1 Å². The predicted octanol–water partition coefficient (Wildman–Crippen LogP) is 1.56. The summed E-state index contributed by atoms with van der Waals surface area (Å²) in [5, 5.41) is 2.67. The maximum Gasteiger partial charge on any atom is 0.229 e. The Kier molecular flexibility index (Phi) is 4.79. The number of rotatable bonds is 4. The minimum absolute atomic E-state index is 0.143. The molecule has 1 aliphatic heterocycles. The van der Waals surface area contributed by atoms with Crippen LogP contribution in [0.4, 0.5) is 15.8 Å². The highest BCUT2D eigenvalue weighted by Crippen LogP contribution is 2.22. The molecule has 0 bridgehead atoms. The highest BCUT2D eigenvalue weighted by atomic mass is 32.2. The number of carbonyl (C=O) groups is 1. The molecule has 1 aromatic carbocycles. The van der Waals surface area contributed by atoms with Crippen molar-refractivity contribution in [2.75, 3.05) is 29.5 Å². The topological polar surface area (TPSA) is 84.5 Å². The van der Waals surface area contributed by atoms with Gasteiger partial charge in [0.2, 0.25) is 15.9 Å². The lowest BCUT2D eigenvalue weighted by atomic mass is 9.99. The van der Waals surface area contributed by atoms with Crippen molar-refractivity contribution in [1.29, 1.82) is 0 Å². The number of sulfonamides is 1. The fourth-order valence-electron chi connectivity index (χ4n) is 2.09. The van der Waals surface area contributed by atoms with E-state index in [2.05, 4.69) is 10.0 Å². The van der Waals surface area contributed by atoms with Crippen LogP contribution in [0.2, 0.25) is 0 Å². The van der Waals surface area contributed by atoms with E-state index in [0.29, 0.717) is 31.7 Å². The van der Waals surface area contributed by atoms with Gasteiger partial charge in [0, 0.05) is 24.8 Å². The number of hydrogen-bond donors (Lipinski definition) is 2.